The maximum Gasteiger partial charge on any atom is 0.417 e. The van der Waals surface area contributed by atoms with E-state index in [4.69, 9.17) is 9.47 Å². The number of carbonyl (C=O) groups is 2. The minimum Gasteiger partial charge on any atom is -0.454 e. The van der Waals surface area contributed by atoms with Gasteiger partial charge in [0.25, 0.3) is 0 Å². The molecule has 3 aliphatic rings. The highest BCUT2D eigenvalue weighted by Crippen LogP contribution is 2.55. The SMILES string of the molecule is Cc1ccccc1C(=O)OC1C2c3ccccc3C(c3ccccc32)C1OC(=O)c1ccccc1C(F)(F)F. The molecule has 0 heterocycles. The number of benzene rings is 4. The molecule has 0 amide bonds. The third-order valence-corrected chi connectivity index (χ3v) is 7.62. The summed E-state index contributed by atoms with van der Waals surface area (Å²) in [5, 5.41) is 0. The summed E-state index contributed by atoms with van der Waals surface area (Å²) in [7, 11) is 0. The van der Waals surface area contributed by atoms with Gasteiger partial charge in [-0.3, -0.25) is 0 Å². The van der Waals surface area contributed by atoms with Crippen molar-refractivity contribution in [2.45, 2.75) is 37.1 Å². The first kappa shape index (κ1) is 24.9. The second-order valence-corrected chi connectivity index (χ2v) is 9.81. The van der Waals surface area contributed by atoms with E-state index in [1.807, 2.05) is 54.6 Å². The first-order valence-corrected chi connectivity index (χ1v) is 12.6. The molecule has 0 fully saturated rings. The predicted molar refractivity (Wildman–Crippen MR) is 138 cm³/mol. The quantitative estimate of drug-likeness (QED) is 0.266. The van der Waals surface area contributed by atoms with E-state index in [0.717, 1.165) is 39.9 Å². The van der Waals surface area contributed by atoms with E-state index >= 15 is 0 Å². The molecule has 4 aromatic rings. The molecule has 3 aliphatic carbocycles. The third kappa shape index (κ3) is 4.18. The van der Waals surface area contributed by atoms with Crippen molar-refractivity contribution in [3.05, 3.63) is 142 Å². The van der Waals surface area contributed by atoms with Crippen LogP contribution in [0, 0.1) is 6.92 Å². The van der Waals surface area contributed by atoms with Crippen LogP contribution in [-0.4, -0.2) is 24.1 Å². The number of carbonyl (C=O) groups excluding carboxylic acids is 2. The van der Waals surface area contributed by atoms with Gasteiger partial charge in [-0.25, -0.2) is 9.59 Å². The number of aryl methyl sites for hydroxylation is 1. The zero-order valence-electron chi connectivity index (χ0n) is 20.8. The van der Waals surface area contributed by atoms with Gasteiger partial charge in [0.15, 0.2) is 12.2 Å². The highest BCUT2D eigenvalue weighted by molar-refractivity contribution is 5.92. The van der Waals surface area contributed by atoms with Crippen molar-refractivity contribution in [1.29, 1.82) is 0 Å². The Morgan fingerprint density at radius 2 is 0.974 bits per heavy atom. The lowest BCUT2D eigenvalue weighted by molar-refractivity contribution is -0.138. The number of hydrogen-bond donors (Lipinski definition) is 0. The highest BCUT2D eigenvalue weighted by Gasteiger charge is 2.54. The molecule has 39 heavy (non-hydrogen) atoms. The summed E-state index contributed by atoms with van der Waals surface area (Å²) in [4.78, 5) is 26.8. The number of fused-ring (bicyclic) bond motifs is 1. The summed E-state index contributed by atoms with van der Waals surface area (Å²) in [6, 6.07) is 26.8. The van der Waals surface area contributed by atoms with Gasteiger partial charge in [-0.1, -0.05) is 78.9 Å². The summed E-state index contributed by atoms with van der Waals surface area (Å²) in [6.45, 7) is 1.79. The molecule has 0 saturated carbocycles. The van der Waals surface area contributed by atoms with E-state index in [-0.39, 0.29) is 0 Å². The fourth-order valence-electron chi connectivity index (χ4n) is 5.93. The molecular formula is C32H23F3O4. The summed E-state index contributed by atoms with van der Waals surface area (Å²) in [5.74, 6) is -2.70. The molecule has 2 unspecified atom stereocenters. The second-order valence-electron chi connectivity index (χ2n) is 9.81. The summed E-state index contributed by atoms with van der Waals surface area (Å²) < 4.78 is 53.2. The molecule has 2 atom stereocenters. The van der Waals surface area contributed by atoms with Gasteiger partial charge >= 0.3 is 18.1 Å². The Bertz CT molecular complexity index is 1540. The average molecular weight is 529 g/mol. The number of alkyl halides is 3. The molecule has 196 valence electrons. The zero-order chi connectivity index (χ0) is 27.3. The maximum absolute atomic E-state index is 13.7. The van der Waals surface area contributed by atoms with Crippen LogP contribution >= 0.6 is 0 Å². The first-order chi connectivity index (χ1) is 18.8. The van der Waals surface area contributed by atoms with Gasteiger partial charge in [-0.05, 0) is 52.9 Å². The fraction of sp³-hybridized carbons (Fsp3) is 0.188. The fourth-order valence-corrected chi connectivity index (χ4v) is 5.93. The lowest BCUT2D eigenvalue weighted by Crippen LogP contribution is -2.51. The molecule has 0 aliphatic heterocycles. The largest absolute Gasteiger partial charge is 0.454 e. The zero-order valence-corrected chi connectivity index (χ0v) is 20.8. The lowest BCUT2D eigenvalue weighted by Gasteiger charge is -2.49. The van der Waals surface area contributed by atoms with Crippen LogP contribution in [0.5, 0.6) is 0 Å². The van der Waals surface area contributed by atoms with Gasteiger partial charge in [0.05, 0.1) is 28.5 Å². The molecule has 4 aromatic carbocycles. The molecule has 0 radical (unpaired) electrons. The van der Waals surface area contributed by atoms with E-state index in [1.165, 1.54) is 12.1 Å². The van der Waals surface area contributed by atoms with Crippen LogP contribution in [-0.2, 0) is 15.7 Å². The molecule has 2 bridgehead atoms. The number of hydrogen-bond acceptors (Lipinski definition) is 4. The van der Waals surface area contributed by atoms with Crippen LogP contribution < -0.4 is 0 Å². The Labute approximate surface area is 223 Å². The lowest BCUT2D eigenvalue weighted by atomic mass is 9.61. The van der Waals surface area contributed by atoms with Gasteiger partial charge in [0.2, 0.25) is 0 Å². The van der Waals surface area contributed by atoms with Crippen molar-refractivity contribution in [1.82, 2.24) is 0 Å². The van der Waals surface area contributed by atoms with Crippen LogP contribution in [0.4, 0.5) is 13.2 Å². The second kappa shape index (κ2) is 9.42. The average Bonchev–Trinajstić information content (AvgIpc) is 2.93. The Hall–Kier alpha value is -4.39. The monoisotopic (exact) mass is 528 g/mol. The van der Waals surface area contributed by atoms with Crippen molar-refractivity contribution >= 4 is 11.9 Å². The minimum atomic E-state index is -4.74. The summed E-state index contributed by atoms with van der Waals surface area (Å²) in [6.07, 6.45) is -6.73. The molecule has 7 heteroatoms. The van der Waals surface area contributed by atoms with Crippen molar-refractivity contribution in [2.24, 2.45) is 0 Å². The minimum absolute atomic E-state index is 0.369. The van der Waals surface area contributed by atoms with Crippen LogP contribution in [0.15, 0.2) is 97.1 Å². The van der Waals surface area contributed by atoms with E-state index in [2.05, 4.69) is 0 Å². The standard InChI is InChI=1S/C32H23F3O4/c1-18-10-2-3-11-19(18)30(36)38-28-26-20-12-4-6-14-22(20)27(23-15-7-5-13-21(23)26)29(28)39-31(37)24-16-8-9-17-25(24)32(33,34)35/h2-17,26-29H,1H3. The van der Waals surface area contributed by atoms with E-state index in [0.29, 0.717) is 5.56 Å². The predicted octanol–water partition coefficient (Wildman–Crippen LogP) is 7.06. The maximum atomic E-state index is 13.7. The van der Waals surface area contributed by atoms with Gasteiger partial charge < -0.3 is 9.47 Å². The Balaban J connectivity index is 1.46. The van der Waals surface area contributed by atoms with E-state index in [9.17, 15) is 22.8 Å². The molecule has 0 saturated heterocycles. The first-order valence-electron chi connectivity index (χ1n) is 12.6. The molecule has 0 aromatic heterocycles. The molecule has 4 nitrogen and oxygen atoms in total. The van der Waals surface area contributed by atoms with Gasteiger partial charge in [-0.2, -0.15) is 13.2 Å². The number of rotatable bonds is 4. The number of ether oxygens (including phenoxy) is 2. The Morgan fingerprint density at radius 1 is 0.590 bits per heavy atom. The van der Waals surface area contributed by atoms with Crippen LogP contribution in [0.25, 0.3) is 0 Å². The Morgan fingerprint density at radius 3 is 1.44 bits per heavy atom. The summed E-state index contributed by atoms with van der Waals surface area (Å²) in [5.41, 5.74) is 3.09. The molecule has 7 rings (SSSR count). The van der Waals surface area contributed by atoms with Gasteiger partial charge in [0.1, 0.15) is 0 Å². The van der Waals surface area contributed by atoms with Crippen LogP contribution in [0.1, 0.15) is 65.9 Å². The normalized spacial score (nSPS) is 21.0. The number of esters is 2. The molecule has 0 N–H and O–H groups in total. The number of halogens is 3. The molecular weight excluding hydrogens is 505 g/mol. The highest BCUT2D eigenvalue weighted by atomic mass is 19.4. The van der Waals surface area contributed by atoms with Crippen LogP contribution in [0.3, 0.4) is 0 Å². The summed E-state index contributed by atoms with van der Waals surface area (Å²) >= 11 is 0. The van der Waals surface area contributed by atoms with E-state index < -0.39 is 53.3 Å². The smallest absolute Gasteiger partial charge is 0.417 e. The Kier molecular flexibility index (Phi) is 6.02. The van der Waals surface area contributed by atoms with Crippen molar-refractivity contribution in [3.8, 4) is 0 Å². The van der Waals surface area contributed by atoms with Crippen molar-refractivity contribution < 1.29 is 32.2 Å². The van der Waals surface area contributed by atoms with E-state index in [1.54, 1.807) is 25.1 Å². The van der Waals surface area contributed by atoms with Gasteiger partial charge in [0, 0.05) is 0 Å². The topological polar surface area (TPSA) is 52.6 Å². The van der Waals surface area contributed by atoms with Crippen molar-refractivity contribution in [3.63, 3.8) is 0 Å². The van der Waals surface area contributed by atoms with Gasteiger partial charge in [-0.15, -0.1) is 0 Å². The van der Waals surface area contributed by atoms with Crippen LogP contribution in [0.2, 0.25) is 0 Å². The third-order valence-electron chi connectivity index (χ3n) is 7.62. The van der Waals surface area contributed by atoms with Crippen molar-refractivity contribution in [2.75, 3.05) is 0 Å². The molecule has 0 spiro atoms.